The highest BCUT2D eigenvalue weighted by Gasteiger charge is 2.32. The third-order valence-corrected chi connectivity index (χ3v) is 3.93. The minimum absolute atomic E-state index is 0.0285. The number of carbonyl (C=O) groups excluding carboxylic acids is 2. The second kappa shape index (κ2) is 6.55. The van der Waals surface area contributed by atoms with Crippen LogP contribution in [-0.2, 0) is 16.1 Å². The summed E-state index contributed by atoms with van der Waals surface area (Å²) in [4.78, 5) is 26.2. The van der Waals surface area contributed by atoms with Crippen molar-refractivity contribution >= 4 is 11.8 Å². The summed E-state index contributed by atoms with van der Waals surface area (Å²) in [7, 11) is 0. The average molecular weight is 274 g/mol. The minimum atomic E-state index is -0.390. The second-order valence-electron chi connectivity index (χ2n) is 5.43. The molecule has 0 aromatic heterocycles. The van der Waals surface area contributed by atoms with Gasteiger partial charge in [-0.3, -0.25) is 9.59 Å². The first kappa shape index (κ1) is 14.6. The van der Waals surface area contributed by atoms with Crippen LogP contribution in [0.25, 0.3) is 0 Å². The smallest absolute Gasteiger partial charge is 0.245 e. The van der Waals surface area contributed by atoms with Crippen molar-refractivity contribution in [1.29, 1.82) is 0 Å². The Kier molecular flexibility index (Phi) is 4.77. The summed E-state index contributed by atoms with van der Waals surface area (Å²) >= 11 is 0. The van der Waals surface area contributed by atoms with Gasteiger partial charge in [0.15, 0.2) is 0 Å². The molecule has 20 heavy (non-hydrogen) atoms. The summed E-state index contributed by atoms with van der Waals surface area (Å²) in [6.07, 6.45) is 1.25. The molecule has 1 N–H and O–H groups in total. The molecule has 0 bridgehead atoms. The Morgan fingerprint density at radius 2 is 2.00 bits per heavy atom. The van der Waals surface area contributed by atoms with E-state index in [1.54, 1.807) is 4.90 Å². The van der Waals surface area contributed by atoms with Gasteiger partial charge in [-0.2, -0.15) is 0 Å². The highest BCUT2D eigenvalue weighted by atomic mass is 16.2. The summed E-state index contributed by atoms with van der Waals surface area (Å²) in [5, 5.41) is 2.86. The van der Waals surface area contributed by atoms with E-state index in [1.807, 2.05) is 44.2 Å². The van der Waals surface area contributed by atoms with E-state index >= 15 is 0 Å². The molecule has 0 spiro atoms. The van der Waals surface area contributed by atoms with Crippen LogP contribution in [-0.4, -0.2) is 29.3 Å². The highest BCUT2D eigenvalue weighted by Crippen LogP contribution is 2.16. The zero-order chi connectivity index (χ0) is 14.5. The molecule has 1 aromatic carbocycles. The molecule has 108 valence electrons. The molecule has 1 aromatic rings. The first-order valence-corrected chi connectivity index (χ1v) is 7.24. The first-order valence-electron chi connectivity index (χ1n) is 7.24. The Balaban J connectivity index is 2.15. The van der Waals surface area contributed by atoms with E-state index in [2.05, 4.69) is 5.32 Å². The normalized spacial score (nSPS) is 21.3. The zero-order valence-electron chi connectivity index (χ0n) is 12.1. The second-order valence-corrected chi connectivity index (χ2v) is 5.43. The molecule has 1 fully saturated rings. The molecule has 1 saturated heterocycles. The van der Waals surface area contributed by atoms with Gasteiger partial charge in [-0.1, -0.05) is 50.6 Å². The largest absolute Gasteiger partial charge is 0.344 e. The molecule has 1 aliphatic rings. The molecule has 2 amide bonds. The number of nitrogens with one attached hydrogen (secondary N) is 1. The van der Waals surface area contributed by atoms with Crippen LogP contribution in [0.5, 0.6) is 0 Å². The van der Waals surface area contributed by atoms with E-state index in [1.165, 1.54) is 0 Å². The fourth-order valence-corrected chi connectivity index (χ4v) is 2.43. The van der Waals surface area contributed by atoms with Gasteiger partial charge in [-0.25, -0.2) is 0 Å². The molecule has 0 radical (unpaired) electrons. The maximum Gasteiger partial charge on any atom is 0.245 e. The Morgan fingerprint density at radius 3 is 2.65 bits per heavy atom. The van der Waals surface area contributed by atoms with Crippen molar-refractivity contribution in [2.75, 3.05) is 6.54 Å². The van der Waals surface area contributed by atoms with Gasteiger partial charge in [0.05, 0.1) is 0 Å². The first-order chi connectivity index (χ1) is 9.61. The fourth-order valence-electron chi connectivity index (χ4n) is 2.43. The number of amides is 2. The van der Waals surface area contributed by atoms with Crippen molar-refractivity contribution < 1.29 is 9.59 Å². The summed E-state index contributed by atoms with van der Waals surface area (Å²) < 4.78 is 0. The van der Waals surface area contributed by atoms with Crippen molar-refractivity contribution in [3.8, 4) is 0 Å². The van der Waals surface area contributed by atoms with Crippen molar-refractivity contribution in [1.82, 2.24) is 10.2 Å². The molecular formula is C16H22N2O2. The third-order valence-electron chi connectivity index (χ3n) is 3.93. The van der Waals surface area contributed by atoms with Crippen molar-refractivity contribution in [3.05, 3.63) is 35.9 Å². The van der Waals surface area contributed by atoms with Crippen LogP contribution in [0.4, 0.5) is 0 Å². The van der Waals surface area contributed by atoms with E-state index in [0.29, 0.717) is 19.5 Å². The molecular weight excluding hydrogens is 252 g/mol. The number of benzene rings is 1. The summed E-state index contributed by atoms with van der Waals surface area (Å²) in [6.45, 7) is 5.11. The zero-order valence-corrected chi connectivity index (χ0v) is 12.1. The lowest BCUT2D eigenvalue weighted by molar-refractivity contribution is -0.135. The van der Waals surface area contributed by atoms with Gasteiger partial charge < -0.3 is 10.2 Å². The number of carbonyl (C=O) groups is 2. The molecule has 1 aliphatic heterocycles. The topological polar surface area (TPSA) is 49.4 Å². The van der Waals surface area contributed by atoms with Crippen LogP contribution in [0.15, 0.2) is 30.3 Å². The highest BCUT2D eigenvalue weighted by molar-refractivity contribution is 5.90. The molecule has 2 atom stereocenters. The van der Waals surface area contributed by atoms with Crippen LogP contribution >= 0.6 is 0 Å². The standard InChI is InChI=1S/C16H22N2O2/c1-3-12(2)15-16(20)18(10-9-14(19)17-15)11-13-7-5-4-6-8-13/h4-8,12,15H,3,9-11H2,1-2H3,(H,17,19)/t12-,15-/m0/s1. The molecule has 2 rings (SSSR count). The molecule has 4 heteroatoms. The predicted octanol–water partition coefficient (Wildman–Crippen LogP) is 1.95. The Bertz CT molecular complexity index is 473. The monoisotopic (exact) mass is 274 g/mol. The Morgan fingerprint density at radius 1 is 1.30 bits per heavy atom. The van der Waals surface area contributed by atoms with Crippen molar-refractivity contribution in [2.45, 2.75) is 39.3 Å². The summed E-state index contributed by atoms with van der Waals surface area (Å²) in [5.74, 6) is 0.163. The number of hydrogen-bond donors (Lipinski definition) is 1. The van der Waals surface area contributed by atoms with Crippen molar-refractivity contribution in [2.24, 2.45) is 5.92 Å². The number of hydrogen-bond acceptors (Lipinski definition) is 2. The number of nitrogens with zero attached hydrogens (tertiary/aromatic N) is 1. The fraction of sp³-hybridized carbons (Fsp3) is 0.500. The van der Waals surface area contributed by atoms with E-state index in [-0.39, 0.29) is 17.7 Å². The lowest BCUT2D eigenvalue weighted by Crippen LogP contribution is -2.48. The van der Waals surface area contributed by atoms with Gasteiger partial charge in [0.1, 0.15) is 6.04 Å². The summed E-state index contributed by atoms with van der Waals surface area (Å²) in [5.41, 5.74) is 1.10. The number of rotatable bonds is 4. The van der Waals surface area contributed by atoms with Crippen molar-refractivity contribution in [3.63, 3.8) is 0 Å². The van der Waals surface area contributed by atoms with E-state index in [0.717, 1.165) is 12.0 Å². The maximum absolute atomic E-state index is 12.6. The van der Waals surface area contributed by atoms with Crippen LogP contribution in [0.3, 0.4) is 0 Å². The average Bonchev–Trinajstić information content (AvgIpc) is 2.61. The molecule has 0 unspecified atom stereocenters. The van der Waals surface area contributed by atoms with E-state index in [9.17, 15) is 9.59 Å². The predicted molar refractivity (Wildman–Crippen MR) is 77.9 cm³/mol. The van der Waals surface area contributed by atoms with Gasteiger partial charge in [0, 0.05) is 19.5 Å². The van der Waals surface area contributed by atoms with Crippen LogP contribution in [0.1, 0.15) is 32.3 Å². The van der Waals surface area contributed by atoms with E-state index < -0.39 is 6.04 Å². The molecule has 1 heterocycles. The SMILES string of the molecule is CC[C@H](C)[C@@H]1NC(=O)CCN(Cc2ccccc2)C1=O. The van der Waals surface area contributed by atoms with Gasteiger partial charge in [0.25, 0.3) is 0 Å². The molecule has 0 saturated carbocycles. The quantitative estimate of drug-likeness (QED) is 0.912. The Hall–Kier alpha value is -1.84. The van der Waals surface area contributed by atoms with Crippen LogP contribution < -0.4 is 5.32 Å². The third kappa shape index (κ3) is 3.38. The van der Waals surface area contributed by atoms with Gasteiger partial charge >= 0.3 is 0 Å². The van der Waals surface area contributed by atoms with Crippen LogP contribution in [0.2, 0.25) is 0 Å². The van der Waals surface area contributed by atoms with Gasteiger partial charge in [-0.15, -0.1) is 0 Å². The molecule has 4 nitrogen and oxygen atoms in total. The van der Waals surface area contributed by atoms with Gasteiger partial charge in [0.2, 0.25) is 11.8 Å². The van der Waals surface area contributed by atoms with E-state index in [4.69, 9.17) is 0 Å². The molecule has 0 aliphatic carbocycles. The lowest BCUT2D eigenvalue weighted by atomic mass is 9.98. The Labute approximate surface area is 120 Å². The summed E-state index contributed by atoms with van der Waals surface area (Å²) in [6, 6.07) is 9.51. The lowest BCUT2D eigenvalue weighted by Gasteiger charge is -2.27. The minimum Gasteiger partial charge on any atom is -0.344 e. The van der Waals surface area contributed by atoms with Crippen LogP contribution in [0, 0.1) is 5.92 Å². The van der Waals surface area contributed by atoms with Gasteiger partial charge in [-0.05, 0) is 11.5 Å². The maximum atomic E-state index is 12.6.